The highest BCUT2D eigenvalue weighted by Gasteiger charge is 2.22. The van der Waals surface area contributed by atoms with Crippen molar-refractivity contribution in [2.24, 2.45) is 26.4 Å². The molecule has 0 heterocycles. The van der Waals surface area contributed by atoms with Crippen LogP contribution < -0.4 is 5.32 Å². The van der Waals surface area contributed by atoms with Crippen LogP contribution in [0.1, 0.15) is 70.3 Å². The van der Waals surface area contributed by atoms with Gasteiger partial charge in [0.15, 0.2) is 0 Å². The first-order valence-corrected chi connectivity index (χ1v) is 15.9. The lowest BCUT2D eigenvalue weighted by atomic mass is 9.77. The number of benzene rings is 5. The highest BCUT2D eigenvalue weighted by atomic mass is 15.1. The summed E-state index contributed by atoms with van der Waals surface area (Å²) in [4.78, 5) is 0. The summed E-state index contributed by atoms with van der Waals surface area (Å²) in [5, 5.41) is 26.3. The van der Waals surface area contributed by atoms with Crippen LogP contribution in [0.3, 0.4) is 0 Å². The summed E-state index contributed by atoms with van der Waals surface area (Å²) in [6.45, 7) is 5.27. The third-order valence-corrected chi connectivity index (χ3v) is 8.86. The average Bonchev–Trinajstić information content (AvgIpc) is 3.07. The molecule has 0 atom stereocenters. The number of nitrogens with zero attached hydrogens (tertiary/aromatic N) is 4. The molecular formula is C38H41N5. The van der Waals surface area contributed by atoms with E-state index in [4.69, 9.17) is 5.11 Å². The standard InChI is InChI=1S/C38H41N5/c1-3-5-10-27-15-17-28(18-16-27)29-19-21-30(22-20-29)40-41-36-25-26-38(34-14-9-8-13-33(34)36)43-42-37-24-23-35(39-4-2)31-11-6-7-12-32(31)37/h6-9,11-14,19-28,39H,3-5,10,15-18H2,1-2H3. The second-order valence-corrected chi connectivity index (χ2v) is 11.7. The number of hydrogen-bond acceptors (Lipinski definition) is 5. The summed E-state index contributed by atoms with van der Waals surface area (Å²) >= 11 is 0. The van der Waals surface area contributed by atoms with E-state index in [9.17, 15) is 0 Å². The van der Waals surface area contributed by atoms with Gasteiger partial charge >= 0.3 is 0 Å². The fourth-order valence-electron chi connectivity index (χ4n) is 6.47. The predicted octanol–water partition coefficient (Wildman–Crippen LogP) is 12.7. The average molecular weight is 568 g/mol. The summed E-state index contributed by atoms with van der Waals surface area (Å²) in [7, 11) is 0. The van der Waals surface area contributed by atoms with Gasteiger partial charge in [-0.1, -0.05) is 86.8 Å². The summed E-state index contributed by atoms with van der Waals surface area (Å²) in [6, 6.07) is 33.3. The maximum atomic E-state index is 4.70. The molecule has 0 aromatic heterocycles. The highest BCUT2D eigenvalue weighted by molar-refractivity contribution is 6.01. The van der Waals surface area contributed by atoms with Crippen molar-refractivity contribution in [2.75, 3.05) is 11.9 Å². The Balaban J connectivity index is 1.19. The van der Waals surface area contributed by atoms with Gasteiger partial charge in [-0.25, -0.2) is 0 Å². The minimum absolute atomic E-state index is 0.679. The number of unbranched alkanes of at least 4 members (excludes halogenated alkanes) is 1. The van der Waals surface area contributed by atoms with Gasteiger partial charge in [-0.2, -0.15) is 5.11 Å². The molecule has 0 aliphatic heterocycles. The predicted molar refractivity (Wildman–Crippen MR) is 181 cm³/mol. The molecule has 1 aliphatic carbocycles. The third-order valence-electron chi connectivity index (χ3n) is 8.86. The molecule has 218 valence electrons. The molecule has 0 amide bonds. The maximum absolute atomic E-state index is 4.70. The van der Waals surface area contributed by atoms with Crippen LogP contribution in [-0.4, -0.2) is 6.54 Å². The lowest BCUT2D eigenvalue weighted by molar-refractivity contribution is 0.304. The molecule has 6 rings (SSSR count). The van der Waals surface area contributed by atoms with Crippen LogP contribution in [0.25, 0.3) is 21.5 Å². The lowest BCUT2D eigenvalue weighted by Crippen LogP contribution is -2.13. The fraction of sp³-hybridized carbons (Fsp3) is 0.316. The molecule has 43 heavy (non-hydrogen) atoms. The van der Waals surface area contributed by atoms with Crippen molar-refractivity contribution in [3.63, 3.8) is 0 Å². The Morgan fingerprint density at radius 2 is 1.12 bits per heavy atom. The van der Waals surface area contributed by atoms with E-state index in [0.717, 1.165) is 62.4 Å². The van der Waals surface area contributed by atoms with Crippen LogP contribution in [0.15, 0.2) is 118 Å². The smallest absolute Gasteiger partial charge is 0.0936 e. The Morgan fingerprint density at radius 3 is 1.70 bits per heavy atom. The molecule has 5 aromatic carbocycles. The van der Waals surface area contributed by atoms with E-state index in [1.165, 1.54) is 50.5 Å². The molecule has 5 aromatic rings. The monoisotopic (exact) mass is 567 g/mol. The van der Waals surface area contributed by atoms with Crippen LogP contribution >= 0.6 is 0 Å². The molecule has 0 spiro atoms. The molecule has 5 nitrogen and oxygen atoms in total. The molecule has 0 radical (unpaired) electrons. The van der Waals surface area contributed by atoms with E-state index in [2.05, 4.69) is 95.2 Å². The lowest BCUT2D eigenvalue weighted by Gasteiger charge is -2.28. The second kappa shape index (κ2) is 13.7. The zero-order valence-electron chi connectivity index (χ0n) is 25.3. The molecule has 5 heteroatoms. The van der Waals surface area contributed by atoms with Crippen molar-refractivity contribution in [1.82, 2.24) is 0 Å². The van der Waals surface area contributed by atoms with Gasteiger partial charge in [0, 0.05) is 33.8 Å². The largest absolute Gasteiger partial charge is 0.385 e. The molecule has 1 fully saturated rings. The number of rotatable bonds is 10. The molecule has 0 saturated heterocycles. The third kappa shape index (κ3) is 6.67. The normalized spacial score (nSPS) is 17.3. The van der Waals surface area contributed by atoms with Gasteiger partial charge in [0.05, 0.1) is 22.7 Å². The Labute approximate surface area is 255 Å². The molecule has 1 saturated carbocycles. The van der Waals surface area contributed by atoms with Crippen LogP contribution in [0.5, 0.6) is 0 Å². The van der Waals surface area contributed by atoms with Gasteiger partial charge in [0.1, 0.15) is 0 Å². The molecule has 1 N–H and O–H groups in total. The molecular weight excluding hydrogens is 526 g/mol. The van der Waals surface area contributed by atoms with Crippen molar-refractivity contribution in [2.45, 2.75) is 64.7 Å². The van der Waals surface area contributed by atoms with Gasteiger partial charge in [-0.15, -0.1) is 15.3 Å². The summed E-state index contributed by atoms with van der Waals surface area (Å²) in [5.74, 6) is 1.61. The van der Waals surface area contributed by atoms with Crippen molar-refractivity contribution in [3.8, 4) is 0 Å². The van der Waals surface area contributed by atoms with E-state index in [0.29, 0.717) is 5.92 Å². The first-order chi connectivity index (χ1) is 21.2. The zero-order valence-corrected chi connectivity index (χ0v) is 25.3. The first-order valence-electron chi connectivity index (χ1n) is 15.9. The van der Waals surface area contributed by atoms with Gasteiger partial charge in [0.2, 0.25) is 0 Å². The highest BCUT2D eigenvalue weighted by Crippen LogP contribution is 2.39. The van der Waals surface area contributed by atoms with E-state index < -0.39 is 0 Å². The van der Waals surface area contributed by atoms with E-state index in [1.54, 1.807) is 0 Å². The van der Waals surface area contributed by atoms with E-state index in [-0.39, 0.29) is 0 Å². The van der Waals surface area contributed by atoms with Crippen LogP contribution in [0.4, 0.5) is 28.4 Å². The Hall–Kier alpha value is -4.38. The number of fused-ring (bicyclic) bond motifs is 2. The Bertz CT molecular complexity index is 1730. The van der Waals surface area contributed by atoms with Crippen molar-refractivity contribution in [3.05, 3.63) is 103 Å². The Kier molecular flexibility index (Phi) is 9.17. The van der Waals surface area contributed by atoms with Crippen LogP contribution in [0, 0.1) is 5.92 Å². The SMILES string of the molecule is CCCCC1CCC(c2ccc(N=Nc3ccc(N=Nc4ccc(NCC)c5ccccc45)c4ccccc34)cc2)CC1. The summed E-state index contributed by atoms with van der Waals surface area (Å²) in [6.07, 6.45) is 9.45. The van der Waals surface area contributed by atoms with Gasteiger partial charge in [-0.05, 0) is 86.4 Å². The van der Waals surface area contributed by atoms with E-state index in [1.807, 2.05) is 36.4 Å². The zero-order chi connectivity index (χ0) is 29.4. The Morgan fingerprint density at radius 1 is 0.581 bits per heavy atom. The number of hydrogen-bond donors (Lipinski definition) is 1. The quantitative estimate of drug-likeness (QED) is 0.168. The van der Waals surface area contributed by atoms with Gasteiger partial charge in [0.25, 0.3) is 0 Å². The van der Waals surface area contributed by atoms with Gasteiger partial charge < -0.3 is 5.32 Å². The minimum atomic E-state index is 0.679. The molecule has 0 unspecified atom stereocenters. The minimum Gasteiger partial charge on any atom is -0.385 e. The number of nitrogens with one attached hydrogen (secondary N) is 1. The van der Waals surface area contributed by atoms with Crippen molar-refractivity contribution >= 4 is 50.0 Å². The topological polar surface area (TPSA) is 61.5 Å². The van der Waals surface area contributed by atoms with Crippen LogP contribution in [0.2, 0.25) is 0 Å². The first kappa shape index (κ1) is 28.7. The second-order valence-electron chi connectivity index (χ2n) is 11.7. The van der Waals surface area contributed by atoms with Crippen molar-refractivity contribution < 1.29 is 0 Å². The van der Waals surface area contributed by atoms with Crippen LogP contribution in [-0.2, 0) is 0 Å². The number of anilines is 1. The summed E-state index contributed by atoms with van der Waals surface area (Å²) in [5.41, 5.74) is 5.90. The van der Waals surface area contributed by atoms with E-state index >= 15 is 0 Å². The van der Waals surface area contributed by atoms with Crippen molar-refractivity contribution in [1.29, 1.82) is 0 Å². The fourth-order valence-corrected chi connectivity index (χ4v) is 6.47. The maximum Gasteiger partial charge on any atom is 0.0936 e. The molecule has 0 bridgehead atoms. The number of azo groups is 2. The summed E-state index contributed by atoms with van der Waals surface area (Å²) < 4.78 is 0. The van der Waals surface area contributed by atoms with Gasteiger partial charge in [-0.3, -0.25) is 0 Å². The molecule has 1 aliphatic rings.